The standard InChI is InChI=1S/C22H22FN3O2/c23-18-9-4-6-16(14-18)15-21(27)26-13-5-10-19(26)11-12-20-24-22(28-25-20)17-7-2-1-3-8-17/h1-4,6-9,14,19H,5,10-13,15H2. The lowest BCUT2D eigenvalue weighted by molar-refractivity contribution is -0.131. The largest absolute Gasteiger partial charge is 0.339 e. The van der Waals surface area contributed by atoms with E-state index in [2.05, 4.69) is 10.1 Å². The van der Waals surface area contributed by atoms with Gasteiger partial charge in [0.1, 0.15) is 5.82 Å². The summed E-state index contributed by atoms with van der Waals surface area (Å²) in [4.78, 5) is 19.1. The highest BCUT2D eigenvalue weighted by Gasteiger charge is 2.28. The summed E-state index contributed by atoms with van der Waals surface area (Å²) in [6.45, 7) is 0.750. The molecule has 2 heterocycles. The molecule has 1 aliphatic heterocycles. The fraction of sp³-hybridized carbons (Fsp3) is 0.318. The molecule has 28 heavy (non-hydrogen) atoms. The monoisotopic (exact) mass is 379 g/mol. The number of amides is 1. The van der Waals surface area contributed by atoms with Crippen LogP contribution >= 0.6 is 0 Å². The van der Waals surface area contributed by atoms with Crippen LogP contribution < -0.4 is 0 Å². The van der Waals surface area contributed by atoms with Crippen molar-refractivity contribution in [2.24, 2.45) is 0 Å². The van der Waals surface area contributed by atoms with Crippen molar-refractivity contribution in [1.82, 2.24) is 15.0 Å². The van der Waals surface area contributed by atoms with Crippen LogP contribution in [-0.4, -0.2) is 33.5 Å². The highest BCUT2D eigenvalue weighted by atomic mass is 19.1. The second kappa shape index (κ2) is 8.33. The van der Waals surface area contributed by atoms with Gasteiger partial charge >= 0.3 is 0 Å². The minimum atomic E-state index is -0.311. The average molecular weight is 379 g/mol. The molecule has 5 nitrogen and oxygen atoms in total. The van der Waals surface area contributed by atoms with Crippen LogP contribution in [0.15, 0.2) is 59.1 Å². The van der Waals surface area contributed by atoms with Crippen LogP contribution in [0.3, 0.4) is 0 Å². The van der Waals surface area contributed by atoms with Crippen molar-refractivity contribution < 1.29 is 13.7 Å². The predicted octanol–water partition coefficient (Wildman–Crippen LogP) is 4.04. The van der Waals surface area contributed by atoms with Crippen molar-refractivity contribution in [3.63, 3.8) is 0 Å². The van der Waals surface area contributed by atoms with Crippen molar-refractivity contribution >= 4 is 5.91 Å². The number of benzene rings is 2. The Morgan fingerprint density at radius 2 is 2.04 bits per heavy atom. The summed E-state index contributed by atoms with van der Waals surface area (Å²) in [7, 11) is 0. The normalized spacial score (nSPS) is 16.5. The molecule has 1 atom stereocenters. The first-order chi connectivity index (χ1) is 13.7. The Morgan fingerprint density at radius 3 is 2.86 bits per heavy atom. The number of halogens is 1. The van der Waals surface area contributed by atoms with E-state index in [0.29, 0.717) is 23.7 Å². The Bertz CT molecular complexity index is 942. The molecule has 6 heteroatoms. The van der Waals surface area contributed by atoms with Crippen LogP contribution in [-0.2, 0) is 17.6 Å². The summed E-state index contributed by atoms with van der Waals surface area (Å²) in [5, 5.41) is 4.07. The van der Waals surface area contributed by atoms with E-state index in [1.54, 1.807) is 12.1 Å². The van der Waals surface area contributed by atoms with Crippen molar-refractivity contribution in [3.8, 4) is 11.5 Å². The van der Waals surface area contributed by atoms with E-state index in [1.807, 2.05) is 35.2 Å². The van der Waals surface area contributed by atoms with E-state index in [-0.39, 0.29) is 24.2 Å². The van der Waals surface area contributed by atoms with E-state index in [4.69, 9.17) is 4.52 Å². The Morgan fingerprint density at radius 1 is 1.18 bits per heavy atom. The first kappa shape index (κ1) is 18.3. The maximum absolute atomic E-state index is 13.4. The Kier molecular flexibility index (Phi) is 5.46. The van der Waals surface area contributed by atoms with Crippen LogP contribution in [0.1, 0.15) is 30.7 Å². The van der Waals surface area contributed by atoms with Crippen LogP contribution in [0.2, 0.25) is 0 Å². The first-order valence-electron chi connectivity index (χ1n) is 9.61. The van der Waals surface area contributed by atoms with Crippen LogP contribution in [0, 0.1) is 5.82 Å². The number of aromatic nitrogens is 2. The molecule has 0 spiro atoms. The van der Waals surface area contributed by atoms with Crippen molar-refractivity contribution in [2.75, 3.05) is 6.54 Å². The topological polar surface area (TPSA) is 59.2 Å². The molecule has 0 aliphatic carbocycles. The fourth-order valence-corrected chi connectivity index (χ4v) is 3.74. The minimum Gasteiger partial charge on any atom is -0.339 e. The van der Waals surface area contributed by atoms with Gasteiger partial charge in [0.25, 0.3) is 5.89 Å². The zero-order valence-electron chi connectivity index (χ0n) is 15.6. The number of hydrogen-bond acceptors (Lipinski definition) is 4. The second-order valence-electron chi connectivity index (χ2n) is 7.11. The van der Waals surface area contributed by atoms with Gasteiger partial charge < -0.3 is 9.42 Å². The zero-order chi connectivity index (χ0) is 19.3. The molecule has 1 amide bonds. The molecule has 0 radical (unpaired) electrons. The van der Waals surface area contributed by atoms with E-state index in [9.17, 15) is 9.18 Å². The van der Waals surface area contributed by atoms with Gasteiger partial charge in [-0.15, -0.1) is 0 Å². The molecule has 1 aliphatic rings. The van der Waals surface area contributed by atoms with Gasteiger partial charge in [-0.05, 0) is 49.1 Å². The summed E-state index contributed by atoms with van der Waals surface area (Å²) in [6.07, 6.45) is 3.64. The Hall–Kier alpha value is -3.02. The van der Waals surface area contributed by atoms with E-state index < -0.39 is 0 Å². The van der Waals surface area contributed by atoms with Gasteiger partial charge in [-0.2, -0.15) is 4.98 Å². The smallest absolute Gasteiger partial charge is 0.257 e. The zero-order valence-corrected chi connectivity index (χ0v) is 15.6. The first-order valence-corrected chi connectivity index (χ1v) is 9.61. The Labute approximate surface area is 163 Å². The van der Waals surface area contributed by atoms with Crippen LogP contribution in [0.5, 0.6) is 0 Å². The summed E-state index contributed by atoms with van der Waals surface area (Å²) in [5.74, 6) is 0.908. The van der Waals surface area contributed by atoms with E-state index in [0.717, 1.165) is 31.4 Å². The molecule has 4 rings (SSSR count). The third-order valence-electron chi connectivity index (χ3n) is 5.13. The second-order valence-corrected chi connectivity index (χ2v) is 7.11. The number of nitrogens with zero attached hydrogens (tertiary/aromatic N) is 3. The highest BCUT2D eigenvalue weighted by molar-refractivity contribution is 5.79. The molecule has 1 unspecified atom stereocenters. The van der Waals surface area contributed by atoms with Gasteiger partial charge in [0.05, 0.1) is 6.42 Å². The van der Waals surface area contributed by atoms with Gasteiger partial charge in [-0.25, -0.2) is 4.39 Å². The van der Waals surface area contributed by atoms with Gasteiger partial charge in [-0.1, -0.05) is 35.5 Å². The number of aryl methyl sites for hydroxylation is 1. The summed E-state index contributed by atoms with van der Waals surface area (Å²) >= 11 is 0. The van der Waals surface area contributed by atoms with Crippen LogP contribution in [0.25, 0.3) is 11.5 Å². The predicted molar refractivity (Wildman–Crippen MR) is 103 cm³/mol. The summed E-state index contributed by atoms with van der Waals surface area (Å²) < 4.78 is 18.7. The SMILES string of the molecule is O=C(Cc1cccc(F)c1)N1CCCC1CCc1noc(-c2ccccc2)n1. The van der Waals surface area contributed by atoms with Gasteiger partial charge in [0.15, 0.2) is 5.82 Å². The molecule has 0 saturated carbocycles. The molecule has 3 aromatic rings. The van der Waals surface area contributed by atoms with Gasteiger partial charge in [0.2, 0.25) is 5.91 Å². The number of likely N-dealkylation sites (tertiary alicyclic amines) is 1. The van der Waals surface area contributed by atoms with Crippen molar-refractivity contribution in [3.05, 3.63) is 71.8 Å². The maximum Gasteiger partial charge on any atom is 0.257 e. The fourth-order valence-electron chi connectivity index (χ4n) is 3.74. The molecule has 1 aromatic heterocycles. The lowest BCUT2D eigenvalue weighted by Gasteiger charge is -2.24. The molecule has 1 fully saturated rings. The Balaban J connectivity index is 1.35. The summed E-state index contributed by atoms with van der Waals surface area (Å²) in [5.41, 5.74) is 1.61. The molecular formula is C22H22FN3O2. The highest BCUT2D eigenvalue weighted by Crippen LogP contribution is 2.23. The van der Waals surface area contributed by atoms with Crippen molar-refractivity contribution in [2.45, 2.75) is 38.1 Å². The number of rotatable bonds is 6. The van der Waals surface area contributed by atoms with Crippen LogP contribution in [0.4, 0.5) is 4.39 Å². The minimum absolute atomic E-state index is 0.0474. The third-order valence-corrected chi connectivity index (χ3v) is 5.13. The van der Waals surface area contributed by atoms with Gasteiger partial charge in [0, 0.05) is 24.6 Å². The molecule has 0 bridgehead atoms. The van der Waals surface area contributed by atoms with Crippen molar-refractivity contribution in [1.29, 1.82) is 0 Å². The third kappa shape index (κ3) is 4.27. The number of carbonyl (C=O) groups is 1. The number of carbonyl (C=O) groups excluding carboxylic acids is 1. The lowest BCUT2D eigenvalue weighted by Crippen LogP contribution is -2.36. The van der Waals surface area contributed by atoms with E-state index >= 15 is 0 Å². The quantitative estimate of drug-likeness (QED) is 0.649. The molecule has 144 valence electrons. The number of hydrogen-bond donors (Lipinski definition) is 0. The lowest BCUT2D eigenvalue weighted by atomic mass is 10.1. The maximum atomic E-state index is 13.4. The van der Waals surface area contributed by atoms with E-state index in [1.165, 1.54) is 12.1 Å². The molecule has 2 aromatic carbocycles. The average Bonchev–Trinajstić information content (AvgIpc) is 3.36. The summed E-state index contributed by atoms with van der Waals surface area (Å²) in [6, 6.07) is 16.1. The molecule has 0 N–H and O–H groups in total. The van der Waals surface area contributed by atoms with Gasteiger partial charge in [-0.3, -0.25) is 4.79 Å². The molecule has 1 saturated heterocycles. The molecular weight excluding hydrogens is 357 g/mol.